The van der Waals surface area contributed by atoms with E-state index in [4.69, 9.17) is 0 Å². The number of amides is 1. The molecule has 5 nitrogen and oxygen atoms in total. The van der Waals surface area contributed by atoms with E-state index in [-0.39, 0.29) is 5.91 Å². The standard InChI is InChI=1S/C21H22N4O/c1-17-6-5-9-20(14-17)23-10-12-24(13-11-23)21(26)18-15-22-25(16-18)19-7-3-2-4-8-19/h2-9,14-16H,10-13H2,1H3. The number of nitrogens with zero attached hydrogens (tertiary/aromatic N) is 4. The third-order valence-electron chi connectivity index (χ3n) is 4.78. The topological polar surface area (TPSA) is 41.4 Å². The minimum absolute atomic E-state index is 0.0519. The van der Waals surface area contributed by atoms with E-state index in [9.17, 15) is 4.79 Å². The highest BCUT2D eigenvalue weighted by Crippen LogP contribution is 2.19. The molecule has 5 heteroatoms. The van der Waals surface area contributed by atoms with E-state index in [0.717, 1.165) is 31.9 Å². The number of piperazine rings is 1. The average Bonchev–Trinajstić information content (AvgIpc) is 3.18. The minimum atomic E-state index is 0.0519. The summed E-state index contributed by atoms with van der Waals surface area (Å²) in [7, 11) is 0. The van der Waals surface area contributed by atoms with E-state index in [0.29, 0.717) is 5.56 Å². The summed E-state index contributed by atoms with van der Waals surface area (Å²) in [5.41, 5.74) is 4.08. The van der Waals surface area contributed by atoms with Crippen molar-refractivity contribution in [3.63, 3.8) is 0 Å². The lowest BCUT2D eigenvalue weighted by Gasteiger charge is -2.36. The molecule has 26 heavy (non-hydrogen) atoms. The summed E-state index contributed by atoms with van der Waals surface area (Å²) in [6.07, 6.45) is 3.47. The van der Waals surface area contributed by atoms with Gasteiger partial charge in [-0.05, 0) is 36.8 Å². The van der Waals surface area contributed by atoms with Crippen LogP contribution in [0.4, 0.5) is 5.69 Å². The number of hydrogen-bond donors (Lipinski definition) is 0. The Hall–Kier alpha value is -3.08. The Morgan fingerprint density at radius 1 is 0.923 bits per heavy atom. The molecule has 0 atom stereocenters. The van der Waals surface area contributed by atoms with Crippen molar-refractivity contribution in [3.05, 3.63) is 78.1 Å². The number of aryl methyl sites for hydroxylation is 1. The molecule has 0 radical (unpaired) electrons. The molecule has 1 aromatic heterocycles. The van der Waals surface area contributed by atoms with E-state index in [1.54, 1.807) is 10.9 Å². The Morgan fingerprint density at radius 2 is 1.65 bits per heavy atom. The van der Waals surface area contributed by atoms with Gasteiger partial charge in [-0.25, -0.2) is 4.68 Å². The first-order valence-corrected chi connectivity index (χ1v) is 8.92. The number of carbonyl (C=O) groups excluding carboxylic acids is 1. The fourth-order valence-corrected chi connectivity index (χ4v) is 3.33. The van der Waals surface area contributed by atoms with E-state index in [2.05, 4.69) is 41.2 Å². The number of anilines is 1. The van der Waals surface area contributed by atoms with E-state index in [1.807, 2.05) is 41.4 Å². The predicted octanol–water partition coefficient (Wildman–Crippen LogP) is 3.14. The van der Waals surface area contributed by atoms with Gasteiger partial charge in [0.2, 0.25) is 0 Å². The summed E-state index contributed by atoms with van der Waals surface area (Å²) in [4.78, 5) is 17.0. The molecule has 1 fully saturated rings. The number of hydrogen-bond acceptors (Lipinski definition) is 3. The summed E-state index contributed by atoms with van der Waals surface area (Å²) < 4.78 is 1.75. The van der Waals surface area contributed by atoms with Crippen molar-refractivity contribution in [1.29, 1.82) is 0 Å². The Labute approximate surface area is 153 Å². The highest BCUT2D eigenvalue weighted by atomic mass is 16.2. The molecule has 1 amide bonds. The van der Waals surface area contributed by atoms with Crippen LogP contribution in [0.25, 0.3) is 5.69 Å². The lowest BCUT2D eigenvalue weighted by molar-refractivity contribution is 0.0747. The second-order valence-electron chi connectivity index (χ2n) is 6.63. The number of aromatic nitrogens is 2. The molecule has 1 aliphatic rings. The van der Waals surface area contributed by atoms with Crippen LogP contribution >= 0.6 is 0 Å². The van der Waals surface area contributed by atoms with Gasteiger partial charge in [0.15, 0.2) is 0 Å². The van der Waals surface area contributed by atoms with Crippen molar-refractivity contribution in [2.24, 2.45) is 0 Å². The second-order valence-corrected chi connectivity index (χ2v) is 6.63. The first-order chi connectivity index (χ1) is 12.7. The SMILES string of the molecule is Cc1cccc(N2CCN(C(=O)c3cnn(-c4ccccc4)c3)CC2)c1. The van der Waals surface area contributed by atoms with Crippen molar-refractivity contribution < 1.29 is 4.79 Å². The molecular weight excluding hydrogens is 324 g/mol. The smallest absolute Gasteiger partial charge is 0.257 e. The van der Waals surface area contributed by atoms with Gasteiger partial charge in [0, 0.05) is 38.1 Å². The largest absolute Gasteiger partial charge is 0.368 e. The second kappa shape index (κ2) is 7.04. The molecule has 0 saturated carbocycles. The number of rotatable bonds is 3. The third-order valence-corrected chi connectivity index (χ3v) is 4.78. The van der Waals surface area contributed by atoms with Gasteiger partial charge in [-0.2, -0.15) is 5.10 Å². The van der Waals surface area contributed by atoms with Gasteiger partial charge in [-0.15, -0.1) is 0 Å². The monoisotopic (exact) mass is 346 g/mol. The summed E-state index contributed by atoms with van der Waals surface area (Å²) in [5, 5.41) is 4.33. The van der Waals surface area contributed by atoms with Crippen molar-refractivity contribution in [1.82, 2.24) is 14.7 Å². The van der Waals surface area contributed by atoms with E-state index >= 15 is 0 Å². The van der Waals surface area contributed by atoms with Crippen molar-refractivity contribution >= 4 is 11.6 Å². The maximum Gasteiger partial charge on any atom is 0.257 e. The van der Waals surface area contributed by atoms with Gasteiger partial charge >= 0.3 is 0 Å². The molecule has 2 aromatic carbocycles. The lowest BCUT2D eigenvalue weighted by atomic mass is 10.2. The van der Waals surface area contributed by atoms with Crippen molar-refractivity contribution in [3.8, 4) is 5.69 Å². The molecule has 1 aliphatic heterocycles. The Morgan fingerprint density at radius 3 is 2.38 bits per heavy atom. The zero-order valence-electron chi connectivity index (χ0n) is 14.9. The quantitative estimate of drug-likeness (QED) is 0.732. The van der Waals surface area contributed by atoms with Gasteiger partial charge < -0.3 is 9.80 Å². The Balaban J connectivity index is 1.42. The minimum Gasteiger partial charge on any atom is -0.368 e. The maximum atomic E-state index is 12.8. The van der Waals surface area contributed by atoms with Crippen molar-refractivity contribution in [2.45, 2.75) is 6.92 Å². The van der Waals surface area contributed by atoms with Crippen molar-refractivity contribution in [2.75, 3.05) is 31.1 Å². The van der Waals surface area contributed by atoms with E-state index in [1.165, 1.54) is 11.3 Å². The van der Waals surface area contributed by atoms with Crippen LogP contribution in [-0.4, -0.2) is 46.8 Å². The molecule has 0 aliphatic carbocycles. The van der Waals surface area contributed by atoms with Crippen LogP contribution in [0.2, 0.25) is 0 Å². The summed E-state index contributed by atoms with van der Waals surface area (Å²) in [5.74, 6) is 0.0519. The van der Waals surface area contributed by atoms with Crippen LogP contribution in [0, 0.1) is 6.92 Å². The van der Waals surface area contributed by atoms with Gasteiger partial charge in [-0.3, -0.25) is 4.79 Å². The normalized spacial score (nSPS) is 14.5. The predicted molar refractivity (Wildman–Crippen MR) is 103 cm³/mol. The molecular formula is C21H22N4O. The zero-order valence-corrected chi connectivity index (χ0v) is 14.9. The van der Waals surface area contributed by atoms with Crippen LogP contribution in [0.15, 0.2) is 67.0 Å². The van der Waals surface area contributed by atoms with Gasteiger partial charge in [-0.1, -0.05) is 30.3 Å². The molecule has 2 heterocycles. The molecule has 132 valence electrons. The molecule has 3 aromatic rings. The highest BCUT2D eigenvalue weighted by molar-refractivity contribution is 5.94. The zero-order chi connectivity index (χ0) is 17.9. The molecule has 0 unspecified atom stereocenters. The molecule has 0 N–H and O–H groups in total. The first-order valence-electron chi connectivity index (χ1n) is 8.92. The molecule has 1 saturated heterocycles. The highest BCUT2D eigenvalue weighted by Gasteiger charge is 2.23. The average molecular weight is 346 g/mol. The fourth-order valence-electron chi connectivity index (χ4n) is 3.33. The maximum absolute atomic E-state index is 12.8. The van der Waals surface area contributed by atoms with Crippen LogP contribution in [-0.2, 0) is 0 Å². The van der Waals surface area contributed by atoms with Gasteiger partial charge in [0.25, 0.3) is 5.91 Å². The Bertz CT molecular complexity index is 895. The molecule has 0 spiro atoms. The molecule has 4 rings (SSSR count). The molecule has 0 bridgehead atoms. The van der Waals surface area contributed by atoms with Crippen LogP contribution in [0.3, 0.4) is 0 Å². The summed E-state index contributed by atoms with van der Waals surface area (Å²) in [6, 6.07) is 18.4. The Kier molecular flexibility index (Phi) is 4.44. The van der Waals surface area contributed by atoms with Gasteiger partial charge in [0.1, 0.15) is 0 Å². The van der Waals surface area contributed by atoms with Crippen LogP contribution < -0.4 is 4.90 Å². The number of carbonyl (C=O) groups is 1. The fraction of sp³-hybridized carbons (Fsp3) is 0.238. The van der Waals surface area contributed by atoms with E-state index < -0.39 is 0 Å². The van der Waals surface area contributed by atoms with Crippen LogP contribution in [0.1, 0.15) is 15.9 Å². The first kappa shape index (κ1) is 16.4. The summed E-state index contributed by atoms with van der Waals surface area (Å²) in [6.45, 7) is 5.25. The summed E-state index contributed by atoms with van der Waals surface area (Å²) >= 11 is 0. The van der Waals surface area contributed by atoms with Crippen LogP contribution in [0.5, 0.6) is 0 Å². The lowest BCUT2D eigenvalue weighted by Crippen LogP contribution is -2.48. The number of benzene rings is 2. The van der Waals surface area contributed by atoms with Gasteiger partial charge in [0.05, 0.1) is 17.4 Å². The third kappa shape index (κ3) is 3.33. The number of para-hydroxylation sites is 1.